The van der Waals surface area contributed by atoms with Crippen LogP contribution in [0.25, 0.3) is 0 Å². The number of ether oxygens (including phenoxy) is 1. The number of nitrogens with two attached hydrogens (primary N) is 1. The van der Waals surface area contributed by atoms with Gasteiger partial charge in [0.15, 0.2) is 0 Å². The van der Waals surface area contributed by atoms with Crippen LogP contribution in [0.3, 0.4) is 0 Å². The summed E-state index contributed by atoms with van der Waals surface area (Å²) >= 11 is 0. The van der Waals surface area contributed by atoms with Gasteiger partial charge in [0.2, 0.25) is 5.91 Å². The number of hydrogen-bond donors (Lipinski definition) is 2. The first-order chi connectivity index (χ1) is 10.1. The van der Waals surface area contributed by atoms with Gasteiger partial charge in [-0.2, -0.15) is 0 Å². The highest BCUT2D eigenvalue weighted by atomic mass is 16.5. The Morgan fingerprint density at radius 2 is 2.24 bits per heavy atom. The molecule has 1 saturated carbocycles. The molecule has 0 heterocycles. The van der Waals surface area contributed by atoms with Crippen molar-refractivity contribution < 1.29 is 9.53 Å². The molecule has 0 saturated heterocycles. The lowest BCUT2D eigenvalue weighted by atomic mass is 9.96. The van der Waals surface area contributed by atoms with Gasteiger partial charge in [-0.3, -0.25) is 4.79 Å². The van der Waals surface area contributed by atoms with Crippen molar-refractivity contribution in [3.8, 4) is 5.75 Å². The van der Waals surface area contributed by atoms with Gasteiger partial charge < -0.3 is 15.8 Å². The van der Waals surface area contributed by atoms with Crippen molar-refractivity contribution in [1.29, 1.82) is 0 Å². The molecule has 21 heavy (non-hydrogen) atoms. The molecule has 1 aromatic carbocycles. The van der Waals surface area contributed by atoms with Crippen LogP contribution in [-0.2, 0) is 17.6 Å². The van der Waals surface area contributed by atoms with Crippen molar-refractivity contribution in [3.63, 3.8) is 0 Å². The van der Waals surface area contributed by atoms with Crippen LogP contribution in [0.1, 0.15) is 43.7 Å². The van der Waals surface area contributed by atoms with Gasteiger partial charge in [0, 0.05) is 6.42 Å². The Labute approximate surface area is 126 Å². The van der Waals surface area contributed by atoms with Crippen LogP contribution in [0.4, 0.5) is 0 Å². The van der Waals surface area contributed by atoms with Crippen LogP contribution in [-0.4, -0.2) is 24.1 Å². The Hall–Kier alpha value is -1.55. The number of primary amides is 1. The Balaban J connectivity index is 1.68. The maximum atomic E-state index is 11.8. The van der Waals surface area contributed by atoms with E-state index in [4.69, 9.17) is 10.5 Å². The van der Waals surface area contributed by atoms with Crippen LogP contribution in [0.15, 0.2) is 18.2 Å². The van der Waals surface area contributed by atoms with Gasteiger partial charge >= 0.3 is 0 Å². The zero-order valence-electron chi connectivity index (χ0n) is 12.7. The van der Waals surface area contributed by atoms with Gasteiger partial charge in [-0.25, -0.2) is 0 Å². The number of amides is 1. The maximum absolute atomic E-state index is 11.8. The highest BCUT2D eigenvalue weighted by Gasteiger charge is 2.44. The van der Waals surface area contributed by atoms with Crippen LogP contribution >= 0.6 is 0 Å². The largest absolute Gasteiger partial charge is 0.490 e. The highest BCUT2D eigenvalue weighted by Crippen LogP contribution is 2.34. The van der Waals surface area contributed by atoms with Crippen LogP contribution in [0.2, 0.25) is 0 Å². The summed E-state index contributed by atoms with van der Waals surface area (Å²) in [5.74, 6) is 0.668. The fourth-order valence-corrected chi connectivity index (χ4v) is 3.72. The number of benzene rings is 1. The summed E-state index contributed by atoms with van der Waals surface area (Å²) in [6, 6.07) is 6.40. The maximum Gasteiger partial charge on any atom is 0.237 e. The van der Waals surface area contributed by atoms with E-state index in [0.29, 0.717) is 6.42 Å². The average molecular weight is 288 g/mol. The van der Waals surface area contributed by atoms with Gasteiger partial charge in [-0.1, -0.05) is 13.0 Å². The third-order valence-electron chi connectivity index (χ3n) is 4.83. The third-order valence-corrected chi connectivity index (χ3v) is 4.83. The molecule has 0 spiro atoms. The molecule has 114 valence electrons. The quantitative estimate of drug-likeness (QED) is 0.870. The second-order valence-electron chi connectivity index (χ2n) is 6.24. The van der Waals surface area contributed by atoms with Crippen LogP contribution in [0, 0.1) is 0 Å². The predicted molar refractivity (Wildman–Crippen MR) is 82.3 cm³/mol. The number of aryl methyl sites for hydroxylation is 2. The van der Waals surface area contributed by atoms with Gasteiger partial charge in [-0.15, -0.1) is 0 Å². The lowest BCUT2D eigenvalue weighted by Gasteiger charge is -2.26. The molecule has 1 aromatic rings. The van der Waals surface area contributed by atoms with Crippen LogP contribution < -0.4 is 15.8 Å². The smallest absolute Gasteiger partial charge is 0.237 e. The predicted octanol–water partition coefficient (Wildman–Crippen LogP) is 1.94. The van der Waals surface area contributed by atoms with E-state index < -0.39 is 5.54 Å². The Bertz CT molecular complexity index is 544. The number of nitrogens with one attached hydrogen (secondary N) is 1. The van der Waals surface area contributed by atoms with Gasteiger partial charge in [0.25, 0.3) is 0 Å². The Kier molecular flexibility index (Phi) is 3.89. The summed E-state index contributed by atoms with van der Waals surface area (Å²) in [6.07, 6.45) is 5.93. The second-order valence-corrected chi connectivity index (χ2v) is 6.24. The van der Waals surface area contributed by atoms with Crippen molar-refractivity contribution in [2.45, 2.75) is 57.1 Å². The molecule has 2 unspecified atom stereocenters. The van der Waals surface area contributed by atoms with E-state index in [1.165, 1.54) is 24.0 Å². The van der Waals surface area contributed by atoms with E-state index in [0.717, 1.165) is 31.6 Å². The zero-order chi connectivity index (χ0) is 14.9. The second kappa shape index (κ2) is 5.68. The number of hydrogen-bond acceptors (Lipinski definition) is 3. The molecule has 0 aromatic heterocycles. The molecule has 4 nitrogen and oxygen atoms in total. The van der Waals surface area contributed by atoms with E-state index in [-0.39, 0.29) is 12.0 Å². The van der Waals surface area contributed by atoms with Crippen molar-refractivity contribution in [2.75, 3.05) is 6.54 Å². The molecule has 1 fully saturated rings. The molecule has 0 radical (unpaired) electrons. The summed E-state index contributed by atoms with van der Waals surface area (Å²) in [5, 5.41) is 3.26. The monoisotopic (exact) mass is 288 g/mol. The van der Waals surface area contributed by atoms with Crippen molar-refractivity contribution in [2.24, 2.45) is 5.73 Å². The molecular weight excluding hydrogens is 264 g/mol. The molecule has 2 aliphatic rings. The topological polar surface area (TPSA) is 64.3 Å². The summed E-state index contributed by atoms with van der Waals surface area (Å²) < 4.78 is 6.10. The van der Waals surface area contributed by atoms with E-state index in [1.807, 2.05) is 6.92 Å². The van der Waals surface area contributed by atoms with Crippen molar-refractivity contribution >= 4 is 5.91 Å². The minimum absolute atomic E-state index is 0.0657. The summed E-state index contributed by atoms with van der Waals surface area (Å²) in [4.78, 5) is 11.8. The number of rotatable bonds is 5. The summed E-state index contributed by atoms with van der Waals surface area (Å²) in [5.41, 5.74) is 7.87. The Morgan fingerprint density at radius 1 is 1.43 bits per heavy atom. The standard InChI is InChI=1S/C17H24N2O2/c1-2-19-17(16(18)20)9-8-15(11-17)21-14-7-6-12-4-3-5-13(12)10-14/h6-7,10,15,19H,2-5,8-9,11H2,1H3,(H2,18,20). The van der Waals surface area contributed by atoms with Crippen LogP contribution in [0.5, 0.6) is 5.75 Å². The lowest BCUT2D eigenvalue weighted by Crippen LogP contribution is -2.54. The summed E-state index contributed by atoms with van der Waals surface area (Å²) in [7, 11) is 0. The number of fused-ring (bicyclic) bond motifs is 1. The number of likely N-dealkylation sites (N-methyl/N-ethyl adjacent to an activating group) is 1. The van der Waals surface area contributed by atoms with Gasteiger partial charge in [0.1, 0.15) is 17.4 Å². The van der Waals surface area contributed by atoms with Crippen molar-refractivity contribution in [3.05, 3.63) is 29.3 Å². The zero-order valence-corrected chi connectivity index (χ0v) is 12.7. The normalized spacial score (nSPS) is 27.6. The first-order valence-corrected chi connectivity index (χ1v) is 7.96. The highest BCUT2D eigenvalue weighted by molar-refractivity contribution is 5.85. The van der Waals surface area contributed by atoms with Crippen molar-refractivity contribution in [1.82, 2.24) is 5.32 Å². The van der Waals surface area contributed by atoms with E-state index >= 15 is 0 Å². The lowest BCUT2D eigenvalue weighted by molar-refractivity contribution is -0.124. The summed E-state index contributed by atoms with van der Waals surface area (Å²) in [6.45, 7) is 2.74. The average Bonchev–Trinajstić information content (AvgIpc) is 3.06. The van der Waals surface area contributed by atoms with E-state index in [9.17, 15) is 4.79 Å². The molecule has 2 aliphatic carbocycles. The SMILES string of the molecule is CCNC1(C(N)=O)CCC(Oc2ccc3c(c2)CCC3)C1. The molecule has 2 atom stereocenters. The minimum Gasteiger partial charge on any atom is -0.490 e. The molecule has 0 bridgehead atoms. The third kappa shape index (κ3) is 2.77. The molecule has 3 rings (SSSR count). The molecule has 3 N–H and O–H groups in total. The number of carbonyl (C=O) groups is 1. The molecular formula is C17H24N2O2. The fourth-order valence-electron chi connectivity index (χ4n) is 3.72. The van der Waals surface area contributed by atoms with E-state index in [1.54, 1.807) is 0 Å². The minimum atomic E-state index is -0.587. The first kappa shape index (κ1) is 14.4. The fraction of sp³-hybridized carbons (Fsp3) is 0.588. The molecule has 0 aliphatic heterocycles. The van der Waals surface area contributed by atoms with Gasteiger partial charge in [-0.05, 0) is 61.9 Å². The van der Waals surface area contributed by atoms with Gasteiger partial charge in [0.05, 0.1) is 0 Å². The molecule has 1 amide bonds. The van der Waals surface area contributed by atoms with E-state index in [2.05, 4.69) is 23.5 Å². The first-order valence-electron chi connectivity index (χ1n) is 7.96. The number of carbonyl (C=O) groups excluding carboxylic acids is 1. The molecule has 4 heteroatoms. The Morgan fingerprint density at radius 3 is 3.00 bits per heavy atom.